The van der Waals surface area contributed by atoms with E-state index in [-0.39, 0.29) is 0 Å². The van der Waals surface area contributed by atoms with Crippen LogP contribution in [-0.4, -0.2) is 22.7 Å². The van der Waals surface area contributed by atoms with Gasteiger partial charge in [-0.25, -0.2) is 0 Å². The first-order chi connectivity index (χ1) is 7.69. The van der Waals surface area contributed by atoms with Crippen molar-refractivity contribution in [2.24, 2.45) is 0 Å². The van der Waals surface area contributed by atoms with Crippen molar-refractivity contribution in [2.75, 3.05) is 6.61 Å². The molecule has 1 rings (SSSR count). The van der Waals surface area contributed by atoms with E-state index in [1.54, 1.807) is 18.5 Å². The van der Waals surface area contributed by atoms with Gasteiger partial charge in [-0.15, -0.1) is 0 Å². The summed E-state index contributed by atoms with van der Waals surface area (Å²) in [6.07, 6.45) is 4.64. The maximum Gasteiger partial charge on any atom is 0.311 e. The van der Waals surface area contributed by atoms with Crippen LogP contribution in [0.15, 0.2) is 18.5 Å². The molecule has 1 N–H and O–H groups in total. The lowest BCUT2D eigenvalue weighted by Crippen LogP contribution is -2.11. The highest BCUT2D eigenvalue weighted by molar-refractivity contribution is 5.76. The molecule has 0 saturated heterocycles. The van der Waals surface area contributed by atoms with Crippen LogP contribution in [0, 0.1) is 0 Å². The molecule has 1 atom stereocenters. The van der Waals surface area contributed by atoms with E-state index in [2.05, 4.69) is 4.98 Å². The maximum atomic E-state index is 11.1. The Labute approximate surface area is 95.3 Å². The number of carbonyl (C=O) groups is 1. The highest BCUT2D eigenvalue weighted by Crippen LogP contribution is 2.24. The van der Waals surface area contributed by atoms with Gasteiger partial charge in [0.1, 0.15) is 5.75 Å². The lowest BCUT2D eigenvalue weighted by atomic mass is 9.96. The topological polar surface area (TPSA) is 59.4 Å². The fourth-order valence-electron chi connectivity index (χ4n) is 1.59. The van der Waals surface area contributed by atoms with Gasteiger partial charge in [0.25, 0.3) is 0 Å². The highest BCUT2D eigenvalue weighted by atomic mass is 16.5. The van der Waals surface area contributed by atoms with Gasteiger partial charge in [0.05, 0.1) is 18.7 Å². The van der Waals surface area contributed by atoms with Crippen LogP contribution in [0.2, 0.25) is 0 Å². The number of rotatable bonds is 6. The molecule has 16 heavy (non-hydrogen) atoms. The zero-order valence-electron chi connectivity index (χ0n) is 9.64. The molecule has 1 aromatic heterocycles. The average molecular weight is 223 g/mol. The van der Waals surface area contributed by atoms with Gasteiger partial charge in [-0.05, 0) is 25.0 Å². The molecule has 0 spiro atoms. The molecule has 4 nitrogen and oxygen atoms in total. The van der Waals surface area contributed by atoms with E-state index in [4.69, 9.17) is 9.84 Å². The Kier molecular flexibility index (Phi) is 4.76. The zero-order valence-corrected chi connectivity index (χ0v) is 9.64. The van der Waals surface area contributed by atoms with Crippen LogP contribution in [0.1, 0.15) is 38.2 Å². The number of hydrogen-bond donors (Lipinski definition) is 1. The first-order valence-electron chi connectivity index (χ1n) is 5.49. The summed E-state index contributed by atoms with van der Waals surface area (Å²) in [6.45, 7) is 4.40. The maximum absolute atomic E-state index is 11.1. The van der Waals surface area contributed by atoms with Gasteiger partial charge in [0.2, 0.25) is 0 Å². The van der Waals surface area contributed by atoms with Crippen LogP contribution >= 0.6 is 0 Å². The SMILES string of the molecule is CCCC(C(=O)O)c1cncc(OCC)c1. The Balaban J connectivity index is 2.90. The fraction of sp³-hybridized carbons (Fsp3) is 0.500. The summed E-state index contributed by atoms with van der Waals surface area (Å²) in [5.41, 5.74) is 0.709. The Bertz CT molecular complexity index is 352. The van der Waals surface area contributed by atoms with E-state index in [0.717, 1.165) is 6.42 Å². The molecule has 0 aliphatic heterocycles. The Morgan fingerprint density at radius 3 is 2.81 bits per heavy atom. The minimum Gasteiger partial charge on any atom is -0.492 e. The zero-order chi connectivity index (χ0) is 12.0. The van der Waals surface area contributed by atoms with Gasteiger partial charge in [0, 0.05) is 6.20 Å². The number of hydrogen-bond acceptors (Lipinski definition) is 3. The summed E-state index contributed by atoms with van der Waals surface area (Å²) in [6, 6.07) is 1.75. The van der Waals surface area contributed by atoms with Crippen molar-refractivity contribution >= 4 is 5.97 Å². The van der Waals surface area contributed by atoms with Gasteiger partial charge < -0.3 is 9.84 Å². The summed E-state index contributed by atoms with van der Waals surface area (Å²) >= 11 is 0. The number of nitrogens with zero attached hydrogens (tertiary/aromatic N) is 1. The monoisotopic (exact) mass is 223 g/mol. The number of aromatic nitrogens is 1. The largest absolute Gasteiger partial charge is 0.492 e. The highest BCUT2D eigenvalue weighted by Gasteiger charge is 2.19. The molecule has 88 valence electrons. The molecule has 0 amide bonds. The van der Waals surface area contributed by atoms with Crippen molar-refractivity contribution in [1.82, 2.24) is 4.98 Å². The van der Waals surface area contributed by atoms with Crippen LogP contribution in [-0.2, 0) is 4.79 Å². The van der Waals surface area contributed by atoms with E-state index in [1.807, 2.05) is 13.8 Å². The van der Waals surface area contributed by atoms with E-state index in [0.29, 0.717) is 24.3 Å². The molecule has 0 aromatic carbocycles. The van der Waals surface area contributed by atoms with Crippen LogP contribution in [0.4, 0.5) is 0 Å². The number of carboxylic acid groups (broad SMARTS) is 1. The van der Waals surface area contributed by atoms with Crippen molar-refractivity contribution < 1.29 is 14.6 Å². The minimum absolute atomic E-state index is 0.488. The number of ether oxygens (including phenoxy) is 1. The van der Waals surface area contributed by atoms with Crippen LogP contribution < -0.4 is 4.74 Å². The molecular weight excluding hydrogens is 206 g/mol. The third kappa shape index (κ3) is 3.22. The van der Waals surface area contributed by atoms with Gasteiger partial charge >= 0.3 is 5.97 Å². The Morgan fingerprint density at radius 2 is 2.25 bits per heavy atom. The van der Waals surface area contributed by atoms with Crippen molar-refractivity contribution in [3.63, 3.8) is 0 Å². The van der Waals surface area contributed by atoms with Crippen LogP contribution in [0.25, 0.3) is 0 Å². The molecule has 0 aliphatic rings. The summed E-state index contributed by atoms with van der Waals surface area (Å²) in [4.78, 5) is 15.1. The fourth-order valence-corrected chi connectivity index (χ4v) is 1.59. The Morgan fingerprint density at radius 1 is 1.50 bits per heavy atom. The lowest BCUT2D eigenvalue weighted by molar-refractivity contribution is -0.139. The quantitative estimate of drug-likeness (QED) is 0.804. The summed E-state index contributed by atoms with van der Waals surface area (Å²) in [5, 5.41) is 9.11. The average Bonchev–Trinajstić information content (AvgIpc) is 2.26. The van der Waals surface area contributed by atoms with E-state index in [1.165, 1.54) is 0 Å². The number of pyridine rings is 1. The second-order valence-electron chi connectivity index (χ2n) is 3.57. The van der Waals surface area contributed by atoms with Crippen molar-refractivity contribution in [1.29, 1.82) is 0 Å². The van der Waals surface area contributed by atoms with Gasteiger partial charge in [-0.2, -0.15) is 0 Å². The number of carboxylic acids is 1. The molecule has 1 heterocycles. The van der Waals surface area contributed by atoms with Gasteiger partial charge in [-0.3, -0.25) is 9.78 Å². The number of aliphatic carboxylic acids is 1. The molecular formula is C12H17NO3. The summed E-state index contributed by atoms with van der Waals surface area (Å²) in [7, 11) is 0. The lowest BCUT2D eigenvalue weighted by Gasteiger charge is -2.12. The normalized spacial score (nSPS) is 12.1. The van der Waals surface area contributed by atoms with Crippen molar-refractivity contribution in [3.05, 3.63) is 24.0 Å². The third-order valence-corrected chi connectivity index (χ3v) is 2.32. The second kappa shape index (κ2) is 6.10. The summed E-state index contributed by atoms with van der Waals surface area (Å²) in [5.74, 6) is -0.669. The van der Waals surface area contributed by atoms with Crippen molar-refractivity contribution in [2.45, 2.75) is 32.6 Å². The molecule has 0 aliphatic carbocycles. The smallest absolute Gasteiger partial charge is 0.311 e. The predicted molar refractivity (Wildman–Crippen MR) is 60.7 cm³/mol. The van der Waals surface area contributed by atoms with E-state index < -0.39 is 11.9 Å². The van der Waals surface area contributed by atoms with Crippen LogP contribution in [0.3, 0.4) is 0 Å². The third-order valence-electron chi connectivity index (χ3n) is 2.32. The molecule has 0 fully saturated rings. The minimum atomic E-state index is -0.808. The molecule has 0 saturated carbocycles. The standard InChI is InChI=1S/C12H17NO3/c1-3-5-11(12(14)15)9-6-10(16-4-2)8-13-7-9/h6-8,11H,3-5H2,1-2H3,(H,14,15). The van der Waals surface area contributed by atoms with Gasteiger partial charge in [-0.1, -0.05) is 13.3 Å². The van der Waals surface area contributed by atoms with E-state index in [9.17, 15) is 4.79 Å². The Hall–Kier alpha value is -1.58. The molecule has 0 radical (unpaired) electrons. The van der Waals surface area contributed by atoms with Crippen molar-refractivity contribution in [3.8, 4) is 5.75 Å². The molecule has 4 heteroatoms. The first-order valence-corrected chi connectivity index (χ1v) is 5.49. The predicted octanol–water partition coefficient (Wildman–Crippen LogP) is 2.45. The second-order valence-corrected chi connectivity index (χ2v) is 3.57. The summed E-state index contributed by atoms with van der Waals surface area (Å²) < 4.78 is 5.30. The molecule has 1 unspecified atom stereocenters. The van der Waals surface area contributed by atoms with Gasteiger partial charge in [0.15, 0.2) is 0 Å². The van der Waals surface area contributed by atoms with Crippen LogP contribution in [0.5, 0.6) is 5.75 Å². The first kappa shape index (κ1) is 12.5. The van der Waals surface area contributed by atoms with E-state index >= 15 is 0 Å². The molecule has 0 bridgehead atoms. The molecule has 1 aromatic rings.